The highest BCUT2D eigenvalue weighted by molar-refractivity contribution is 7.48. The van der Waals surface area contributed by atoms with E-state index in [4.69, 9.17) is 31.4 Å². The first-order valence-electron chi connectivity index (χ1n) is 4.16. The van der Waals surface area contributed by atoms with Gasteiger partial charge in [0.15, 0.2) is 13.6 Å². The third-order valence-corrected chi connectivity index (χ3v) is 2.47. The van der Waals surface area contributed by atoms with Crippen LogP contribution in [0.25, 0.3) is 0 Å². The highest BCUT2D eigenvalue weighted by Gasteiger charge is 2.24. The quantitative estimate of drug-likeness (QED) is 0.262. The van der Waals surface area contributed by atoms with Gasteiger partial charge in [-0.25, -0.2) is 4.57 Å². The Labute approximate surface area is 94.8 Å². The van der Waals surface area contributed by atoms with E-state index >= 15 is 0 Å². The van der Waals surface area contributed by atoms with E-state index in [0.29, 0.717) is 0 Å². The van der Waals surface area contributed by atoms with Crippen molar-refractivity contribution in [2.75, 3.05) is 33.9 Å². The van der Waals surface area contributed by atoms with E-state index < -0.39 is 7.82 Å². The number of terminal acetylenes is 2. The van der Waals surface area contributed by atoms with Gasteiger partial charge in [-0.15, -0.1) is 12.8 Å². The normalized spacial score (nSPS) is 10.7. The molecule has 0 unspecified atom stereocenters. The van der Waals surface area contributed by atoms with Crippen molar-refractivity contribution < 1.29 is 27.6 Å². The largest absolute Gasteiger partial charge is 0.478 e. The summed E-state index contributed by atoms with van der Waals surface area (Å²) in [4.78, 5) is 0. The van der Waals surface area contributed by atoms with E-state index in [1.807, 2.05) is 0 Å². The fourth-order valence-electron chi connectivity index (χ4n) is 0.547. The molecule has 0 N–H and O–H groups in total. The van der Waals surface area contributed by atoms with Crippen molar-refractivity contribution >= 4 is 7.82 Å². The maximum absolute atomic E-state index is 11.6. The van der Waals surface area contributed by atoms with Crippen LogP contribution in [0.5, 0.6) is 0 Å². The summed E-state index contributed by atoms with van der Waals surface area (Å²) in [6, 6.07) is 0. The molecule has 0 saturated heterocycles. The number of rotatable bonds is 9. The van der Waals surface area contributed by atoms with Crippen LogP contribution in [0.1, 0.15) is 0 Å². The van der Waals surface area contributed by atoms with Crippen LogP contribution >= 0.6 is 7.82 Å². The molecule has 0 aliphatic carbocycles. The van der Waals surface area contributed by atoms with Crippen LogP contribution in [0.3, 0.4) is 0 Å². The molecule has 6 nitrogen and oxygen atoms in total. The standard InChI is InChI=1S/C9H13O6P/c1-4-6-12-8-14-16(10,11-3)15-9-13-7-5-2/h1-2H,6-9H2,3H3. The van der Waals surface area contributed by atoms with Crippen molar-refractivity contribution in [2.24, 2.45) is 0 Å². The van der Waals surface area contributed by atoms with Crippen LogP contribution < -0.4 is 0 Å². The Morgan fingerprint density at radius 2 is 1.50 bits per heavy atom. The maximum Gasteiger partial charge on any atom is 0.478 e. The van der Waals surface area contributed by atoms with E-state index in [1.54, 1.807) is 0 Å². The molecule has 0 rings (SSSR count). The molecule has 0 aromatic rings. The van der Waals surface area contributed by atoms with Crippen molar-refractivity contribution in [1.82, 2.24) is 0 Å². The van der Waals surface area contributed by atoms with Gasteiger partial charge >= 0.3 is 7.82 Å². The molecule has 0 aliphatic rings. The second-order valence-electron chi connectivity index (χ2n) is 2.23. The molecular weight excluding hydrogens is 235 g/mol. The lowest BCUT2D eigenvalue weighted by atomic mass is 10.8. The molecule has 0 fully saturated rings. The van der Waals surface area contributed by atoms with Gasteiger partial charge in [-0.05, 0) is 0 Å². The summed E-state index contributed by atoms with van der Waals surface area (Å²) in [6.07, 6.45) is 9.85. The van der Waals surface area contributed by atoms with Gasteiger partial charge in [0.25, 0.3) is 0 Å². The van der Waals surface area contributed by atoms with Crippen LogP contribution in [0.4, 0.5) is 0 Å². The van der Waals surface area contributed by atoms with Gasteiger partial charge in [-0.3, -0.25) is 13.6 Å². The van der Waals surface area contributed by atoms with Crippen molar-refractivity contribution in [1.29, 1.82) is 0 Å². The Bertz CT molecular complexity index is 276. The number of phosphoric ester groups is 1. The first-order chi connectivity index (χ1) is 7.68. The smallest absolute Gasteiger partial charge is 0.342 e. The van der Waals surface area contributed by atoms with E-state index in [2.05, 4.69) is 16.4 Å². The van der Waals surface area contributed by atoms with Crippen molar-refractivity contribution in [2.45, 2.75) is 0 Å². The lowest BCUT2D eigenvalue weighted by Crippen LogP contribution is -2.05. The molecule has 7 heteroatoms. The Hall–Kier alpha value is -0.850. The number of hydrogen-bond donors (Lipinski definition) is 0. The van der Waals surface area contributed by atoms with Crippen LogP contribution in [0, 0.1) is 24.7 Å². The highest BCUT2D eigenvalue weighted by Crippen LogP contribution is 2.48. The Kier molecular flexibility index (Phi) is 8.88. The van der Waals surface area contributed by atoms with Gasteiger partial charge in [-0.1, -0.05) is 11.8 Å². The van der Waals surface area contributed by atoms with Gasteiger partial charge in [0, 0.05) is 7.11 Å². The number of phosphoric acid groups is 1. The van der Waals surface area contributed by atoms with Gasteiger partial charge in [-0.2, -0.15) is 0 Å². The lowest BCUT2D eigenvalue weighted by molar-refractivity contribution is -0.0317. The molecule has 0 atom stereocenters. The second kappa shape index (κ2) is 9.38. The molecule has 0 amide bonds. The average molecular weight is 248 g/mol. The third-order valence-electron chi connectivity index (χ3n) is 1.18. The SMILES string of the molecule is C#CCOCOP(=O)(OC)OCOCC#C. The molecule has 90 valence electrons. The van der Waals surface area contributed by atoms with Gasteiger partial charge in [0.1, 0.15) is 13.2 Å². The third kappa shape index (κ3) is 7.44. The van der Waals surface area contributed by atoms with Gasteiger partial charge in [0.05, 0.1) is 0 Å². The average Bonchev–Trinajstić information content (AvgIpc) is 2.31. The fourth-order valence-corrected chi connectivity index (χ4v) is 1.24. The molecule has 0 heterocycles. The molecule has 0 aliphatic heterocycles. The molecule has 0 radical (unpaired) electrons. The number of ether oxygens (including phenoxy) is 2. The van der Waals surface area contributed by atoms with Crippen molar-refractivity contribution in [3.8, 4) is 24.7 Å². The van der Waals surface area contributed by atoms with E-state index in [0.717, 1.165) is 0 Å². The summed E-state index contributed by atoms with van der Waals surface area (Å²) >= 11 is 0. The monoisotopic (exact) mass is 248 g/mol. The molecule has 0 saturated carbocycles. The Balaban J connectivity index is 3.79. The Morgan fingerprint density at radius 3 is 1.81 bits per heavy atom. The minimum Gasteiger partial charge on any atom is -0.342 e. The molecule has 0 bridgehead atoms. The summed E-state index contributed by atoms with van der Waals surface area (Å²) < 4.78 is 35.1. The van der Waals surface area contributed by atoms with Crippen LogP contribution in [-0.4, -0.2) is 33.9 Å². The van der Waals surface area contributed by atoms with E-state index in [9.17, 15) is 4.57 Å². The minimum absolute atomic E-state index is 0.0390. The molecule has 0 aromatic carbocycles. The lowest BCUT2D eigenvalue weighted by Gasteiger charge is -2.14. The zero-order chi connectivity index (χ0) is 12.3. The van der Waals surface area contributed by atoms with Gasteiger partial charge < -0.3 is 9.47 Å². The number of hydrogen-bond acceptors (Lipinski definition) is 6. The molecule has 0 aromatic heterocycles. The topological polar surface area (TPSA) is 63.2 Å². The Morgan fingerprint density at radius 1 is 1.06 bits per heavy atom. The zero-order valence-electron chi connectivity index (χ0n) is 8.88. The predicted octanol–water partition coefficient (Wildman–Crippen LogP) is 0.989. The zero-order valence-corrected chi connectivity index (χ0v) is 9.77. The summed E-state index contributed by atoms with van der Waals surface area (Å²) in [5.74, 6) is 4.42. The first kappa shape index (κ1) is 15.2. The van der Waals surface area contributed by atoms with E-state index in [-0.39, 0.29) is 26.8 Å². The van der Waals surface area contributed by atoms with Crippen molar-refractivity contribution in [3.63, 3.8) is 0 Å². The van der Waals surface area contributed by atoms with Crippen molar-refractivity contribution in [3.05, 3.63) is 0 Å². The second-order valence-corrected chi connectivity index (χ2v) is 4.00. The van der Waals surface area contributed by atoms with Gasteiger partial charge in [0.2, 0.25) is 0 Å². The molecule has 16 heavy (non-hydrogen) atoms. The van der Waals surface area contributed by atoms with Crippen LogP contribution in [-0.2, 0) is 27.6 Å². The van der Waals surface area contributed by atoms with E-state index in [1.165, 1.54) is 7.11 Å². The van der Waals surface area contributed by atoms with Crippen LogP contribution in [0.2, 0.25) is 0 Å². The maximum atomic E-state index is 11.6. The predicted molar refractivity (Wildman–Crippen MR) is 56.1 cm³/mol. The summed E-state index contributed by atoms with van der Waals surface area (Å²) in [5.41, 5.74) is 0. The first-order valence-corrected chi connectivity index (χ1v) is 5.62. The molecular formula is C9H13O6P. The highest BCUT2D eigenvalue weighted by atomic mass is 31.2. The summed E-state index contributed by atoms with van der Waals surface area (Å²) in [7, 11) is -2.50. The summed E-state index contributed by atoms with van der Waals surface area (Å²) in [6.45, 7) is -0.524. The fraction of sp³-hybridized carbons (Fsp3) is 0.556. The molecule has 0 spiro atoms. The van der Waals surface area contributed by atoms with Crippen LogP contribution in [0.15, 0.2) is 0 Å². The minimum atomic E-state index is -3.67. The summed E-state index contributed by atoms with van der Waals surface area (Å²) in [5, 5.41) is 0.